The van der Waals surface area contributed by atoms with Crippen molar-refractivity contribution in [1.82, 2.24) is 10.6 Å². The van der Waals surface area contributed by atoms with E-state index in [-0.39, 0.29) is 17.6 Å². The molecule has 3 nitrogen and oxygen atoms in total. The zero-order valence-electron chi connectivity index (χ0n) is 9.20. The molecule has 1 heterocycles. The number of carbonyl (C=O) groups is 1. The van der Waals surface area contributed by atoms with Gasteiger partial charge in [0.05, 0.1) is 5.66 Å². The Labute approximate surface area is 95.2 Å². The highest BCUT2D eigenvalue weighted by atomic mass is 16.2. The third-order valence-corrected chi connectivity index (χ3v) is 3.64. The molecule has 1 spiro atoms. The van der Waals surface area contributed by atoms with Crippen LogP contribution in [0.2, 0.25) is 0 Å². The van der Waals surface area contributed by atoms with Crippen LogP contribution in [0.5, 0.6) is 0 Å². The molecule has 2 aliphatic rings. The average Bonchev–Trinajstić information content (AvgIpc) is 2.88. The van der Waals surface area contributed by atoms with E-state index in [1.165, 1.54) is 12.8 Å². The third kappa shape index (κ3) is 1.52. The Morgan fingerprint density at radius 1 is 1.12 bits per heavy atom. The first kappa shape index (κ1) is 9.85. The first-order chi connectivity index (χ1) is 7.79. The van der Waals surface area contributed by atoms with E-state index in [1.54, 1.807) is 0 Å². The zero-order valence-corrected chi connectivity index (χ0v) is 9.20. The van der Waals surface area contributed by atoms with Crippen LogP contribution in [0.25, 0.3) is 0 Å². The predicted octanol–water partition coefficient (Wildman–Crippen LogP) is 1.72. The van der Waals surface area contributed by atoms with Gasteiger partial charge in [-0.1, -0.05) is 30.3 Å². The second-order valence-electron chi connectivity index (χ2n) is 4.77. The number of rotatable bonds is 1. The van der Waals surface area contributed by atoms with Gasteiger partial charge in [0.25, 0.3) is 0 Å². The van der Waals surface area contributed by atoms with Crippen molar-refractivity contribution in [3.05, 3.63) is 35.9 Å². The van der Waals surface area contributed by atoms with Crippen LogP contribution in [-0.4, -0.2) is 11.6 Å². The fourth-order valence-corrected chi connectivity index (χ4v) is 2.81. The van der Waals surface area contributed by atoms with E-state index < -0.39 is 0 Å². The summed E-state index contributed by atoms with van der Waals surface area (Å²) in [5, 5.41) is 6.60. The second-order valence-corrected chi connectivity index (χ2v) is 4.77. The molecule has 1 aliphatic carbocycles. The number of benzene rings is 1. The van der Waals surface area contributed by atoms with Crippen LogP contribution < -0.4 is 10.6 Å². The lowest BCUT2D eigenvalue weighted by atomic mass is 10.1. The molecule has 1 saturated heterocycles. The molecule has 2 fully saturated rings. The predicted molar refractivity (Wildman–Crippen MR) is 61.7 cm³/mol. The molecule has 0 bridgehead atoms. The Hall–Kier alpha value is -1.35. The minimum absolute atomic E-state index is 0.114. The Morgan fingerprint density at radius 2 is 1.81 bits per heavy atom. The van der Waals surface area contributed by atoms with Gasteiger partial charge in [0.2, 0.25) is 5.91 Å². The lowest BCUT2D eigenvalue weighted by Crippen LogP contribution is -2.46. The first-order valence-electron chi connectivity index (χ1n) is 5.94. The minimum atomic E-state index is -0.167. The van der Waals surface area contributed by atoms with Crippen LogP contribution >= 0.6 is 0 Å². The zero-order chi connectivity index (χ0) is 11.0. The van der Waals surface area contributed by atoms with E-state index in [1.807, 2.05) is 30.3 Å². The lowest BCUT2D eigenvalue weighted by Gasteiger charge is -2.23. The highest BCUT2D eigenvalue weighted by Gasteiger charge is 2.45. The van der Waals surface area contributed by atoms with Gasteiger partial charge in [-0.3, -0.25) is 10.1 Å². The summed E-state index contributed by atoms with van der Waals surface area (Å²) >= 11 is 0. The Kier molecular flexibility index (Phi) is 2.21. The van der Waals surface area contributed by atoms with Crippen molar-refractivity contribution < 1.29 is 4.79 Å². The SMILES string of the molecule is O=C1NC2(CCCC2)NC1c1ccccc1. The van der Waals surface area contributed by atoms with Gasteiger partial charge in [-0.15, -0.1) is 0 Å². The van der Waals surface area contributed by atoms with Crippen LogP contribution in [0.15, 0.2) is 30.3 Å². The standard InChI is InChI=1S/C13H16N2O/c16-12-11(10-6-2-1-3-7-10)14-13(15-12)8-4-5-9-13/h1-3,6-7,11,14H,4-5,8-9H2,(H,15,16). The van der Waals surface area contributed by atoms with Crippen molar-refractivity contribution in [2.75, 3.05) is 0 Å². The molecule has 3 rings (SSSR count). The van der Waals surface area contributed by atoms with Crippen molar-refractivity contribution in [3.8, 4) is 0 Å². The summed E-state index contributed by atoms with van der Waals surface area (Å²) in [5.41, 5.74) is 0.946. The summed E-state index contributed by atoms with van der Waals surface area (Å²) in [6.07, 6.45) is 4.52. The molecule has 1 amide bonds. The number of hydrogen-bond acceptors (Lipinski definition) is 2. The van der Waals surface area contributed by atoms with Crippen molar-refractivity contribution in [2.24, 2.45) is 0 Å². The largest absolute Gasteiger partial charge is 0.336 e. The number of amides is 1. The molecular formula is C13H16N2O. The van der Waals surface area contributed by atoms with Crippen LogP contribution in [-0.2, 0) is 4.79 Å². The molecular weight excluding hydrogens is 200 g/mol. The maximum atomic E-state index is 12.0. The highest BCUT2D eigenvalue weighted by Crippen LogP contribution is 2.34. The van der Waals surface area contributed by atoms with E-state index in [0.717, 1.165) is 18.4 Å². The van der Waals surface area contributed by atoms with E-state index in [2.05, 4.69) is 10.6 Å². The van der Waals surface area contributed by atoms with Gasteiger partial charge in [0, 0.05) is 0 Å². The van der Waals surface area contributed by atoms with E-state index >= 15 is 0 Å². The van der Waals surface area contributed by atoms with Crippen molar-refractivity contribution in [3.63, 3.8) is 0 Å². The number of nitrogens with one attached hydrogen (secondary N) is 2. The van der Waals surface area contributed by atoms with Crippen molar-refractivity contribution in [2.45, 2.75) is 37.4 Å². The summed E-state index contributed by atoms with van der Waals surface area (Å²) in [5.74, 6) is 0.119. The Balaban J connectivity index is 1.86. The van der Waals surface area contributed by atoms with Gasteiger partial charge in [0.15, 0.2) is 0 Å². The summed E-state index contributed by atoms with van der Waals surface area (Å²) in [7, 11) is 0. The molecule has 1 aromatic rings. The molecule has 1 aromatic carbocycles. The van der Waals surface area contributed by atoms with Gasteiger partial charge in [-0.05, 0) is 31.2 Å². The fraction of sp³-hybridized carbons (Fsp3) is 0.462. The maximum absolute atomic E-state index is 12.0. The van der Waals surface area contributed by atoms with Crippen molar-refractivity contribution in [1.29, 1.82) is 0 Å². The van der Waals surface area contributed by atoms with Crippen molar-refractivity contribution >= 4 is 5.91 Å². The number of carbonyl (C=O) groups excluding carboxylic acids is 1. The Bertz CT molecular complexity index is 396. The molecule has 16 heavy (non-hydrogen) atoms. The van der Waals surface area contributed by atoms with Crippen LogP contribution in [0.3, 0.4) is 0 Å². The normalized spacial score (nSPS) is 27.2. The topological polar surface area (TPSA) is 41.1 Å². The van der Waals surface area contributed by atoms with Gasteiger partial charge in [-0.25, -0.2) is 0 Å². The minimum Gasteiger partial charge on any atom is -0.336 e. The molecule has 0 aromatic heterocycles. The summed E-state index contributed by atoms with van der Waals surface area (Å²) in [6.45, 7) is 0. The first-order valence-corrected chi connectivity index (χ1v) is 5.94. The molecule has 2 N–H and O–H groups in total. The van der Waals surface area contributed by atoms with E-state index in [4.69, 9.17) is 0 Å². The quantitative estimate of drug-likeness (QED) is 0.750. The third-order valence-electron chi connectivity index (χ3n) is 3.64. The summed E-state index contributed by atoms with van der Waals surface area (Å²) in [6, 6.07) is 9.77. The molecule has 84 valence electrons. The summed E-state index contributed by atoms with van der Waals surface area (Å²) < 4.78 is 0. The molecule has 1 aliphatic heterocycles. The average molecular weight is 216 g/mol. The molecule has 1 saturated carbocycles. The monoisotopic (exact) mass is 216 g/mol. The molecule has 3 heteroatoms. The van der Waals surface area contributed by atoms with Gasteiger partial charge in [0.1, 0.15) is 6.04 Å². The van der Waals surface area contributed by atoms with Crippen LogP contribution in [0, 0.1) is 0 Å². The van der Waals surface area contributed by atoms with Gasteiger partial charge in [-0.2, -0.15) is 0 Å². The fourth-order valence-electron chi connectivity index (χ4n) is 2.81. The Morgan fingerprint density at radius 3 is 2.50 bits per heavy atom. The maximum Gasteiger partial charge on any atom is 0.243 e. The van der Waals surface area contributed by atoms with Crippen LogP contribution in [0.4, 0.5) is 0 Å². The molecule has 1 atom stereocenters. The summed E-state index contributed by atoms with van der Waals surface area (Å²) in [4.78, 5) is 12.0. The van der Waals surface area contributed by atoms with E-state index in [9.17, 15) is 4.79 Å². The highest BCUT2D eigenvalue weighted by molar-refractivity contribution is 5.86. The van der Waals surface area contributed by atoms with E-state index in [0.29, 0.717) is 0 Å². The lowest BCUT2D eigenvalue weighted by molar-refractivity contribution is -0.121. The second kappa shape index (κ2) is 3.59. The van der Waals surface area contributed by atoms with Gasteiger partial charge >= 0.3 is 0 Å². The molecule has 0 radical (unpaired) electrons. The van der Waals surface area contributed by atoms with Crippen LogP contribution in [0.1, 0.15) is 37.3 Å². The smallest absolute Gasteiger partial charge is 0.243 e. The molecule has 1 unspecified atom stereocenters. The number of hydrogen-bond donors (Lipinski definition) is 2. The van der Waals surface area contributed by atoms with Gasteiger partial charge < -0.3 is 5.32 Å².